The first-order valence-corrected chi connectivity index (χ1v) is 16.1. The lowest BCUT2D eigenvalue weighted by Crippen LogP contribution is -2.37. The second-order valence-electron chi connectivity index (χ2n) is 12.2. The normalized spacial score (nSPS) is 13.0. The van der Waals surface area contributed by atoms with Gasteiger partial charge in [-0.25, -0.2) is 4.85 Å². The summed E-state index contributed by atoms with van der Waals surface area (Å²) in [5.41, 5.74) is 9.95. The Labute approximate surface area is 284 Å². The smallest absolute Gasteiger partial charge is 0.228 e. The van der Waals surface area contributed by atoms with Crippen LogP contribution in [-0.4, -0.2) is 9.55 Å². The highest BCUT2D eigenvalue weighted by Crippen LogP contribution is 2.58. The summed E-state index contributed by atoms with van der Waals surface area (Å²) >= 11 is 0. The maximum atomic E-state index is 10.6. The molecule has 9 rings (SSSR count). The Morgan fingerprint density at radius 2 is 1.18 bits per heavy atom. The first-order chi connectivity index (χ1) is 24.3. The first-order valence-electron chi connectivity index (χ1n) is 16.1. The monoisotopic (exact) mass is 625 g/mol. The van der Waals surface area contributed by atoms with E-state index >= 15 is 0 Å². The summed E-state index contributed by atoms with van der Waals surface area (Å²) in [6.07, 6.45) is 3.64. The van der Waals surface area contributed by atoms with Crippen molar-refractivity contribution in [3.05, 3.63) is 203 Å². The molecule has 0 saturated heterocycles. The fourth-order valence-electron chi connectivity index (χ4n) is 7.87. The Kier molecular flexibility index (Phi) is 6.40. The standard InChI is InChI=1S/C44H27N5/c1-46-43-30(28-45)26-33(27-42(43)49-38-21-11-8-18-34(38)35-29-47-25-24-39(35)49)48-40-22-12-9-19-36(40)44(31-14-4-2-5-15-31,32-16-6-3-7-17-32)37-20-10-13-23-41(37)48/h2-27,29H. The lowest BCUT2D eigenvalue weighted by molar-refractivity contribution is 0.731. The topological polar surface area (TPSA) is 49.2 Å². The molecule has 0 fully saturated rings. The van der Waals surface area contributed by atoms with Crippen LogP contribution >= 0.6 is 0 Å². The van der Waals surface area contributed by atoms with Crippen LogP contribution in [0.4, 0.5) is 22.7 Å². The van der Waals surface area contributed by atoms with Crippen molar-refractivity contribution < 1.29 is 0 Å². The van der Waals surface area contributed by atoms with Gasteiger partial charge in [-0.05, 0) is 58.7 Å². The molecule has 228 valence electrons. The van der Waals surface area contributed by atoms with Gasteiger partial charge in [-0.15, -0.1) is 0 Å². The highest BCUT2D eigenvalue weighted by Gasteiger charge is 2.46. The van der Waals surface area contributed by atoms with Crippen LogP contribution in [0.25, 0.3) is 32.3 Å². The van der Waals surface area contributed by atoms with Crippen molar-refractivity contribution in [1.82, 2.24) is 9.55 Å². The number of hydrogen-bond acceptors (Lipinski definition) is 3. The Morgan fingerprint density at radius 1 is 0.612 bits per heavy atom. The number of rotatable bonds is 4. The van der Waals surface area contributed by atoms with Crippen molar-refractivity contribution in [3.8, 4) is 11.8 Å². The second kappa shape index (κ2) is 11.1. The number of nitriles is 1. The number of para-hydroxylation sites is 3. The predicted octanol–water partition coefficient (Wildman–Crippen LogP) is 10.8. The van der Waals surface area contributed by atoms with E-state index in [1.54, 1.807) is 6.20 Å². The van der Waals surface area contributed by atoms with Crippen molar-refractivity contribution in [3.63, 3.8) is 0 Å². The van der Waals surface area contributed by atoms with Crippen LogP contribution in [0.3, 0.4) is 0 Å². The number of benzene rings is 6. The van der Waals surface area contributed by atoms with Crippen molar-refractivity contribution in [1.29, 1.82) is 5.26 Å². The summed E-state index contributed by atoms with van der Waals surface area (Å²) in [7, 11) is 0. The van der Waals surface area contributed by atoms with Gasteiger partial charge in [0.05, 0.1) is 51.7 Å². The molecule has 0 aliphatic carbocycles. The summed E-state index contributed by atoms with van der Waals surface area (Å²) in [6, 6.07) is 54.9. The minimum atomic E-state index is -0.608. The second-order valence-corrected chi connectivity index (χ2v) is 12.2. The van der Waals surface area contributed by atoms with Gasteiger partial charge in [-0.2, -0.15) is 5.26 Å². The van der Waals surface area contributed by atoms with E-state index < -0.39 is 5.41 Å². The number of anilines is 3. The Bertz CT molecular complexity index is 2500. The van der Waals surface area contributed by atoms with Crippen molar-refractivity contribution in [2.24, 2.45) is 0 Å². The molecule has 1 aliphatic rings. The highest BCUT2D eigenvalue weighted by atomic mass is 15.2. The van der Waals surface area contributed by atoms with Gasteiger partial charge >= 0.3 is 0 Å². The molecule has 5 nitrogen and oxygen atoms in total. The van der Waals surface area contributed by atoms with Crippen molar-refractivity contribution >= 4 is 44.6 Å². The molecule has 8 aromatic rings. The molecular weight excluding hydrogens is 599 g/mol. The van der Waals surface area contributed by atoms with Crippen LogP contribution in [0.2, 0.25) is 0 Å². The maximum Gasteiger partial charge on any atom is 0.228 e. The van der Waals surface area contributed by atoms with Crippen LogP contribution in [0.1, 0.15) is 27.8 Å². The van der Waals surface area contributed by atoms with E-state index in [9.17, 15) is 5.26 Å². The molecule has 0 amide bonds. The lowest BCUT2D eigenvalue weighted by atomic mass is 9.62. The van der Waals surface area contributed by atoms with Crippen LogP contribution in [0.15, 0.2) is 164 Å². The Morgan fingerprint density at radius 3 is 1.82 bits per heavy atom. The molecule has 0 N–H and O–H groups in total. The van der Waals surface area contributed by atoms with E-state index in [1.165, 1.54) is 11.1 Å². The predicted molar refractivity (Wildman–Crippen MR) is 196 cm³/mol. The van der Waals surface area contributed by atoms with E-state index in [0.29, 0.717) is 16.9 Å². The quantitative estimate of drug-likeness (QED) is 0.183. The summed E-state index contributed by atoms with van der Waals surface area (Å²) < 4.78 is 2.10. The van der Waals surface area contributed by atoms with Gasteiger partial charge in [-0.1, -0.05) is 115 Å². The van der Waals surface area contributed by atoms with E-state index in [-0.39, 0.29) is 0 Å². The summed E-state index contributed by atoms with van der Waals surface area (Å²) in [6.45, 7) is 8.27. The molecule has 0 bridgehead atoms. The van der Waals surface area contributed by atoms with Gasteiger partial charge < -0.3 is 9.47 Å². The van der Waals surface area contributed by atoms with Gasteiger partial charge in [0.2, 0.25) is 5.69 Å². The molecule has 0 saturated carbocycles. The third kappa shape index (κ3) is 4.00. The first kappa shape index (κ1) is 28.3. The third-order valence-electron chi connectivity index (χ3n) is 9.79. The number of aromatic nitrogens is 2. The van der Waals surface area contributed by atoms with Crippen LogP contribution in [0.5, 0.6) is 0 Å². The van der Waals surface area contributed by atoms with Crippen LogP contribution in [0, 0.1) is 17.9 Å². The molecule has 0 atom stereocenters. The van der Waals surface area contributed by atoms with Gasteiger partial charge in [0, 0.05) is 28.9 Å². The number of hydrogen-bond donors (Lipinski definition) is 0. The summed E-state index contributed by atoms with van der Waals surface area (Å²) in [4.78, 5) is 10.6. The van der Waals surface area contributed by atoms with Crippen LogP contribution in [-0.2, 0) is 5.41 Å². The molecule has 0 radical (unpaired) electrons. The Balaban J connectivity index is 1.39. The van der Waals surface area contributed by atoms with Crippen molar-refractivity contribution in [2.75, 3.05) is 4.90 Å². The molecule has 5 heteroatoms. The molecule has 2 aromatic heterocycles. The highest BCUT2D eigenvalue weighted by molar-refractivity contribution is 6.09. The number of pyridine rings is 1. The molecule has 0 spiro atoms. The van der Waals surface area contributed by atoms with Crippen molar-refractivity contribution in [2.45, 2.75) is 5.41 Å². The lowest BCUT2D eigenvalue weighted by Gasteiger charge is -2.46. The zero-order chi connectivity index (χ0) is 33.0. The number of fused-ring (bicyclic) bond motifs is 5. The van der Waals surface area contributed by atoms with Crippen LogP contribution < -0.4 is 4.90 Å². The largest absolute Gasteiger partial charge is 0.319 e. The fraction of sp³-hybridized carbons (Fsp3) is 0.0227. The molecule has 3 heterocycles. The van der Waals surface area contributed by atoms with Gasteiger partial charge in [0.1, 0.15) is 0 Å². The summed E-state index contributed by atoms with van der Waals surface area (Å²) in [5, 5.41) is 12.6. The molecule has 6 aromatic carbocycles. The number of nitrogens with zero attached hydrogens (tertiary/aromatic N) is 5. The minimum absolute atomic E-state index is 0.312. The van der Waals surface area contributed by atoms with E-state index in [4.69, 9.17) is 6.57 Å². The van der Waals surface area contributed by atoms with Gasteiger partial charge in [-0.3, -0.25) is 4.98 Å². The minimum Gasteiger partial charge on any atom is -0.319 e. The SMILES string of the molecule is [C-]#[N+]c1c(C#N)cc(N2c3ccccc3C(c3ccccc3)(c3ccccc3)c3ccccc32)cc1-n1c2ccccc2c2cnccc21. The van der Waals surface area contributed by atoms with E-state index in [2.05, 4.69) is 153 Å². The molecule has 49 heavy (non-hydrogen) atoms. The fourth-order valence-corrected chi connectivity index (χ4v) is 7.87. The van der Waals surface area contributed by atoms with Gasteiger partial charge in [0.15, 0.2) is 0 Å². The third-order valence-corrected chi connectivity index (χ3v) is 9.79. The zero-order valence-corrected chi connectivity index (χ0v) is 26.3. The van der Waals surface area contributed by atoms with E-state index in [0.717, 1.165) is 50.0 Å². The zero-order valence-electron chi connectivity index (χ0n) is 26.3. The Hall–Kier alpha value is -6.95. The average molecular weight is 626 g/mol. The van der Waals surface area contributed by atoms with E-state index in [1.807, 2.05) is 30.5 Å². The average Bonchev–Trinajstić information content (AvgIpc) is 3.51. The summed E-state index contributed by atoms with van der Waals surface area (Å²) in [5.74, 6) is 0. The van der Waals surface area contributed by atoms with Gasteiger partial charge in [0.25, 0.3) is 0 Å². The molecule has 0 unspecified atom stereocenters. The molecular formula is C44H27N5. The molecule has 1 aliphatic heterocycles. The maximum absolute atomic E-state index is 10.6.